The maximum atomic E-state index is 12.6. The maximum Gasteiger partial charge on any atom is 0.251 e. The number of aromatic nitrogens is 2. The van der Waals surface area contributed by atoms with Crippen LogP contribution in [0.25, 0.3) is 6.08 Å². The molecule has 132 valence electrons. The van der Waals surface area contributed by atoms with E-state index in [9.17, 15) is 4.79 Å². The number of hydrogen-bond donors (Lipinski definition) is 1. The molecule has 2 aromatic rings. The molecule has 0 saturated carbocycles. The van der Waals surface area contributed by atoms with Crippen molar-refractivity contribution in [2.24, 2.45) is 7.05 Å². The highest BCUT2D eigenvalue weighted by Crippen LogP contribution is 2.30. The standard InChI is InChI=1S/C19H23N3O3/c1-5-24-16-6-7-18-14(9-16)8-15(11-25-18)19(23)21-12(2)17-10-20-22(4)13(17)3/h6-10,12H,5,11H2,1-4H3,(H,21,23). The molecule has 0 bridgehead atoms. The number of carbonyl (C=O) groups is 1. The largest absolute Gasteiger partial charge is 0.494 e. The molecule has 0 spiro atoms. The lowest BCUT2D eigenvalue weighted by molar-refractivity contribution is -0.118. The number of nitrogens with zero attached hydrogens (tertiary/aromatic N) is 2. The van der Waals surface area contributed by atoms with E-state index in [2.05, 4.69) is 10.4 Å². The summed E-state index contributed by atoms with van der Waals surface area (Å²) in [6.45, 7) is 6.73. The van der Waals surface area contributed by atoms with E-state index in [0.29, 0.717) is 12.2 Å². The molecule has 1 N–H and O–H groups in total. The Morgan fingerprint density at radius 2 is 2.28 bits per heavy atom. The number of nitrogens with one attached hydrogen (secondary N) is 1. The third-order valence-electron chi connectivity index (χ3n) is 4.38. The number of aryl methyl sites for hydroxylation is 1. The molecule has 0 fully saturated rings. The fourth-order valence-corrected chi connectivity index (χ4v) is 2.85. The van der Waals surface area contributed by atoms with Crippen LogP contribution < -0.4 is 14.8 Å². The number of fused-ring (bicyclic) bond motifs is 1. The Bertz CT molecular complexity index is 823. The molecule has 6 heteroatoms. The highest BCUT2D eigenvalue weighted by molar-refractivity contribution is 5.99. The van der Waals surface area contributed by atoms with Gasteiger partial charge in [0.1, 0.15) is 18.1 Å². The lowest BCUT2D eigenvalue weighted by Gasteiger charge is -2.20. The van der Waals surface area contributed by atoms with Crippen molar-refractivity contribution in [3.05, 3.63) is 46.8 Å². The predicted molar refractivity (Wildman–Crippen MR) is 95.6 cm³/mol. The van der Waals surface area contributed by atoms with Gasteiger partial charge in [0.25, 0.3) is 5.91 Å². The van der Waals surface area contributed by atoms with Crippen LogP contribution in [0.5, 0.6) is 11.5 Å². The number of rotatable bonds is 5. The molecular weight excluding hydrogens is 318 g/mol. The Hall–Kier alpha value is -2.76. The molecule has 1 aliphatic heterocycles. The van der Waals surface area contributed by atoms with Gasteiger partial charge >= 0.3 is 0 Å². The molecule has 1 aromatic carbocycles. The van der Waals surface area contributed by atoms with Crippen molar-refractivity contribution < 1.29 is 14.3 Å². The van der Waals surface area contributed by atoms with Gasteiger partial charge in [-0.05, 0) is 45.0 Å². The van der Waals surface area contributed by atoms with Crippen LogP contribution in [0.3, 0.4) is 0 Å². The Kier molecular flexibility index (Phi) is 4.79. The first-order valence-electron chi connectivity index (χ1n) is 8.39. The minimum atomic E-state index is -0.136. The summed E-state index contributed by atoms with van der Waals surface area (Å²) in [6.07, 6.45) is 3.65. The average molecular weight is 341 g/mol. The van der Waals surface area contributed by atoms with Gasteiger partial charge in [0.05, 0.1) is 24.4 Å². The van der Waals surface area contributed by atoms with Crippen molar-refractivity contribution in [2.75, 3.05) is 13.2 Å². The summed E-state index contributed by atoms with van der Waals surface area (Å²) < 4.78 is 13.0. The number of hydrogen-bond acceptors (Lipinski definition) is 4. The van der Waals surface area contributed by atoms with E-state index in [1.54, 1.807) is 10.9 Å². The molecule has 3 rings (SSSR count). The second kappa shape index (κ2) is 7.01. The minimum Gasteiger partial charge on any atom is -0.494 e. The molecule has 6 nitrogen and oxygen atoms in total. The van der Waals surface area contributed by atoms with Crippen molar-refractivity contribution in [2.45, 2.75) is 26.8 Å². The van der Waals surface area contributed by atoms with Crippen LogP contribution in [0.15, 0.2) is 30.0 Å². The van der Waals surface area contributed by atoms with E-state index in [1.807, 2.05) is 52.1 Å². The zero-order valence-corrected chi connectivity index (χ0v) is 15.0. The molecule has 0 saturated heterocycles. The molecule has 1 aromatic heterocycles. The van der Waals surface area contributed by atoms with Crippen LogP contribution in [0, 0.1) is 6.92 Å². The van der Waals surface area contributed by atoms with Crippen LogP contribution in [-0.4, -0.2) is 28.9 Å². The molecule has 1 aliphatic rings. The van der Waals surface area contributed by atoms with Gasteiger partial charge in [-0.1, -0.05) is 0 Å². The fourth-order valence-electron chi connectivity index (χ4n) is 2.85. The minimum absolute atomic E-state index is 0.127. The maximum absolute atomic E-state index is 12.6. The Morgan fingerprint density at radius 3 is 2.96 bits per heavy atom. The van der Waals surface area contributed by atoms with Crippen LogP contribution in [0.2, 0.25) is 0 Å². The molecular formula is C19H23N3O3. The normalized spacial score (nSPS) is 14.2. The Labute approximate surface area is 147 Å². The van der Waals surface area contributed by atoms with Gasteiger partial charge in [-0.15, -0.1) is 0 Å². The summed E-state index contributed by atoms with van der Waals surface area (Å²) >= 11 is 0. The van der Waals surface area contributed by atoms with Gasteiger partial charge < -0.3 is 14.8 Å². The average Bonchev–Trinajstić information content (AvgIpc) is 2.93. The van der Waals surface area contributed by atoms with Gasteiger partial charge in [0.15, 0.2) is 0 Å². The zero-order valence-electron chi connectivity index (χ0n) is 15.0. The summed E-state index contributed by atoms with van der Waals surface area (Å²) in [5.74, 6) is 1.39. The zero-order chi connectivity index (χ0) is 18.0. The van der Waals surface area contributed by atoms with Crippen molar-refractivity contribution in [3.8, 4) is 11.5 Å². The van der Waals surface area contributed by atoms with Gasteiger partial charge in [-0.2, -0.15) is 5.10 Å². The van der Waals surface area contributed by atoms with E-state index in [4.69, 9.17) is 9.47 Å². The van der Waals surface area contributed by atoms with Crippen LogP contribution in [-0.2, 0) is 11.8 Å². The molecule has 2 heterocycles. The third-order valence-corrected chi connectivity index (χ3v) is 4.38. The summed E-state index contributed by atoms with van der Waals surface area (Å²) in [5, 5.41) is 7.24. The van der Waals surface area contributed by atoms with Crippen molar-refractivity contribution in [3.63, 3.8) is 0 Å². The number of carbonyl (C=O) groups excluding carboxylic acids is 1. The van der Waals surface area contributed by atoms with E-state index in [1.165, 1.54) is 0 Å². The van der Waals surface area contributed by atoms with Crippen LogP contribution in [0.4, 0.5) is 0 Å². The summed E-state index contributed by atoms with van der Waals surface area (Å²) in [7, 11) is 1.89. The topological polar surface area (TPSA) is 65.4 Å². The first-order chi connectivity index (χ1) is 12.0. The summed E-state index contributed by atoms with van der Waals surface area (Å²) in [4.78, 5) is 12.6. The second-order valence-electron chi connectivity index (χ2n) is 6.09. The lowest BCUT2D eigenvalue weighted by Crippen LogP contribution is -2.31. The van der Waals surface area contributed by atoms with Crippen molar-refractivity contribution >= 4 is 12.0 Å². The van der Waals surface area contributed by atoms with Crippen LogP contribution >= 0.6 is 0 Å². The molecule has 25 heavy (non-hydrogen) atoms. The lowest BCUT2D eigenvalue weighted by atomic mass is 10.1. The molecule has 1 amide bonds. The monoisotopic (exact) mass is 341 g/mol. The van der Waals surface area contributed by atoms with E-state index in [0.717, 1.165) is 28.3 Å². The quantitative estimate of drug-likeness (QED) is 0.908. The highest BCUT2D eigenvalue weighted by atomic mass is 16.5. The highest BCUT2D eigenvalue weighted by Gasteiger charge is 2.21. The van der Waals surface area contributed by atoms with Gasteiger partial charge in [-0.3, -0.25) is 9.48 Å². The van der Waals surface area contributed by atoms with E-state index in [-0.39, 0.29) is 18.6 Å². The van der Waals surface area contributed by atoms with Gasteiger partial charge in [0.2, 0.25) is 0 Å². The predicted octanol–water partition coefficient (Wildman–Crippen LogP) is 2.78. The molecule has 0 radical (unpaired) electrons. The van der Waals surface area contributed by atoms with E-state index >= 15 is 0 Å². The smallest absolute Gasteiger partial charge is 0.251 e. The van der Waals surface area contributed by atoms with E-state index < -0.39 is 0 Å². The Balaban J connectivity index is 1.76. The number of amides is 1. The van der Waals surface area contributed by atoms with Gasteiger partial charge in [-0.25, -0.2) is 0 Å². The Morgan fingerprint density at radius 1 is 1.48 bits per heavy atom. The second-order valence-corrected chi connectivity index (χ2v) is 6.09. The summed E-state index contributed by atoms with van der Waals surface area (Å²) in [5.41, 5.74) is 3.49. The SMILES string of the molecule is CCOc1ccc2c(c1)C=C(C(=O)NC(C)c1cnn(C)c1C)CO2. The fraction of sp³-hybridized carbons (Fsp3) is 0.368. The summed E-state index contributed by atoms with van der Waals surface area (Å²) in [6, 6.07) is 5.50. The van der Waals surface area contributed by atoms with Crippen molar-refractivity contribution in [1.82, 2.24) is 15.1 Å². The van der Waals surface area contributed by atoms with Gasteiger partial charge in [0, 0.05) is 23.9 Å². The molecule has 1 atom stereocenters. The third kappa shape index (κ3) is 3.52. The van der Waals surface area contributed by atoms with Crippen molar-refractivity contribution in [1.29, 1.82) is 0 Å². The number of benzene rings is 1. The first-order valence-corrected chi connectivity index (χ1v) is 8.39. The van der Waals surface area contributed by atoms with Crippen LogP contribution in [0.1, 0.15) is 36.7 Å². The first kappa shape index (κ1) is 17.1. The number of ether oxygens (including phenoxy) is 2. The molecule has 1 unspecified atom stereocenters. The molecule has 0 aliphatic carbocycles.